The van der Waals surface area contributed by atoms with Gasteiger partial charge in [0.2, 0.25) is 5.91 Å². The first-order valence-corrected chi connectivity index (χ1v) is 5.89. The molecule has 1 amide bonds. The van der Waals surface area contributed by atoms with Crippen LogP contribution < -0.4 is 5.32 Å². The number of amides is 1. The minimum absolute atomic E-state index is 0.279. The van der Waals surface area contributed by atoms with E-state index in [9.17, 15) is 4.79 Å². The summed E-state index contributed by atoms with van der Waals surface area (Å²) in [5, 5.41) is 3.24. The number of nitrogens with one attached hydrogen (secondary N) is 1. The summed E-state index contributed by atoms with van der Waals surface area (Å²) in [5.74, 6) is 0.279. The molecule has 1 aromatic carbocycles. The molecule has 3 nitrogen and oxygen atoms in total. The van der Waals surface area contributed by atoms with E-state index in [2.05, 4.69) is 17.4 Å². The van der Waals surface area contributed by atoms with Gasteiger partial charge in [-0.05, 0) is 12.0 Å². The molecule has 1 aliphatic rings. The van der Waals surface area contributed by atoms with Crippen molar-refractivity contribution in [2.45, 2.75) is 12.8 Å². The highest BCUT2D eigenvalue weighted by atomic mass is 16.2. The van der Waals surface area contributed by atoms with Crippen molar-refractivity contribution in [2.24, 2.45) is 0 Å². The van der Waals surface area contributed by atoms with Crippen LogP contribution in [0.4, 0.5) is 0 Å². The van der Waals surface area contributed by atoms with Crippen molar-refractivity contribution in [2.75, 3.05) is 26.2 Å². The Hall–Kier alpha value is -1.35. The highest BCUT2D eigenvalue weighted by Gasteiger charge is 2.15. The third-order valence-electron chi connectivity index (χ3n) is 2.94. The van der Waals surface area contributed by atoms with Crippen LogP contribution in [0.25, 0.3) is 0 Å². The summed E-state index contributed by atoms with van der Waals surface area (Å²) in [4.78, 5) is 13.7. The molecular weight excluding hydrogens is 200 g/mol. The average Bonchev–Trinajstić information content (AvgIpc) is 2.53. The molecule has 3 heteroatoms. The number of benzene rings is 1. The Morgan fingerprint density at radius 3 is 2.81 bits per heavy atom. The Kier molecular flexibility index (Phi) is 3.94. The van der Waals surface area contributed by atoms with E-state index in [0.717, 1.165) is 32.6 Å². The zero-order chi connectivity index (χ0) is 11.2. The Balaban J connectivity index is 1.86. The van der Waals surface area contributed by atoms with Crippen LogP contribution in [0.2, 0.25) is 0 Å². The Morgan fingerprint density at radius 1 is 1.19 bits per heavy atom. The third kappa shape index (κ3) is 3.07. The molecule has 1 N–H and O–H groups in total. The molecule has 0 atom stereocenters. The first-order valence-electron chi connectivity index (χ1n) is 5.89. The molecule has 86 valence electrons. The minimum atomic E-state index is 0.279. The first-order chi connectivity index (χ1) is 7.86. The molecule has 0 unspecified atom stereocenters. The monoisotopic (exact) mass is 218 g/mol. The number of carbonyl (C=O) groups is 1. The molecule has 1 fully saturated rings. The fraction of sp³-hybridized carbons (Fsp3) is 0.462. The molecular formula is C13H18N2O. The Bertz CT molecular complexity index is 337. The van der Waals surface area contributed by atoms with Crippen molar-refractivity contribution in [1.82, 2.24) is 10.2 Å². The second kappa shape index (κ2) is 5.66. The highest BCUT2D eigenvalue weighted by molar-refractivity contribution is 5.76. The fourth-order valence-electron chi connectivity index (χ4n) is 1.96. The van der Waals surface area contributed by atoms with Gasteiger partial charge in [-0.3, -0.25) is 4.79 Å². The predicted molar refractivity (Wildman–Crippen MR) is 64.2 cm³/mol. The van der Waals surface area contributed by atoms with Crippen LogP contribution in [0.1, 0.15) is 12.0 Å². The van der Waals surface area contributed by atoms with Crippen LogP contribution in [0, 0.1) is 0 Å². The van der Waals surface area contributed by atoms with E-state index < -0.39 is 0 Å². The first kappa shape index (κ1) is 11.1. The van der Waals surface area contributed by atoms with Crippen LogP contribution >= 0.6 is 0 Å². The quantitative estimate of drug-likeness (QED) is 0.822. The molecule has 0 saturated carbocycles. The molecule has 0 aliphatic carbocycles. The maximum Gasteiger partial charge on any atom is 0.223 e. The van der Waals surface area contributed by atoms with Gasteiger partial charge in [-0.2, -0.15) is 0 Å². The number of hydrogen-bond acceptors (Lipinski definition) is 2. The SMILES string of the molecule is O=C1CCNCCN1CCc1ccccc1. The maximum absolute atomic E-state index is 11.7. The molecule has 0 spiro atoms. The standard InChI is InChI=1S/C13H18N2O/c16-13-6-8-14-9-11-15(13)10-7-12-4-2-1-3-5-12/h1-5,14H,6-11H2. The summed E-state index contributed by atoms with van der Waals surface area (Å²) in [6.45, 7) is 3.41. The number of nitrogens with zero attached hydrogens (tertiary/aromatic N) is 1. The largest absolute Gasteiger partial charge is 0.341 e. The third-order valence-corrected chi connectivity index (χ3v) is 2.94. The van der Waals surface area contributed by atoms with E-state index in [1.54, 1.807) is 0 Å². The van der Waals surface area contributed by atoms with Crippen molar-refractivity contribution in [1.29, 1.82) is 0 Å². The average molecular weight is 218 g/mol. The van der Waals surface area contributed by atoms with Crippen molar-refractivity contribution in [3.63, 3.8) is 0 Å². The summed E-state index contributed by atoms with van der Waals surface area (Å²) < 4.78 is 0. The molecule has 16 heavy (non-hydrogen) atoms. The summed E-state index contributed by atoms with van der Waals surface area (Å²) in [6.07, 6.45) is 1.58. The van der Waals surface area contributed by atoms with Crippen LogP contribution in [-0.4, -0.2) is 37.0 Å². The van der Waals surface area contributed by atoms with Gasteiger partial charge in [-0.15, -0.1) is 0 Å². The lowest BCUT2D eigenvalue weighted by molar-refractivity contribution is -0.130. The zero-order valence-corrected chi connectivity index (χ0v) is 9.48. The molecule has 0 bridgehead atoms. The van der Waals surface area contributed by atoms with E-state index in [4.69, 9.17) is 0 Å². The van der Waals surface area contributed by atoms with Gasteiger partial charge in [0.05, 0.1) is 0 Å². The van der Waals surface area contributed by atoms with Crippen molar-refractivity contribution < 1.29 is 4.79 Å². The van der Waals surface area contributed by atoms with Crippen molar-refractivity contribution in [3.8, 4) is 0 Å². The van der Waals surface area contributed by atoms with Gasteiger partial charge >= 0.3 is 0 Å². The van der Waals surface area contributed by atoms with Crippen LogP contribution in [0.15, 0.2) is 30.3 Å². The zero-order valence-electron chi connectivity index (χ0n) is 9.48. The second-order valence-corrected chi connectivity index (χ2v) is 4.12. The van der Waals surface area contributed by atoms with Gasteiger partial charge in [0.1, 0.15) is 0 Å². The number of carbonyl (C=O) groups excluding carboxylic acids is 1. The predicted octanol–water partition coefficient (Wildman–Crippen LogP) is 1.05. The molecule has 0 radical (unpaired) electrons. The highest BCUT2D eigenvalue weighted by Crippen LogP contribution is 2.03. The normalized spacial score (nSPS) is 17.2. The van der Waals surface area contributed by atoms with E-state index >= 15 is 0 Å². The molecule has 1 aliphatic heterocycles. The molecule has 0 aromatic heterocycles. The molecule has 1 saturated heterocycles. The van der Waals surface area contributed by atoms with Crippen molar-refractivity contribution >= 4 is 5.91 Å². The number of hydrogen-bond donors (Lipinski definition) is 1. The van der Waals surface area contributed by atoms with Gasteiger partial charge in [-0.25, -0.2) is 0 Å². The minimum Gasteiger partial charge on any atom is -0.341 e. The van der Waals surface area contributed by atoms with E-state index in [1.807, 2.05) is 23.1 Å². The fourth-order valence-corrected chi connectivity index (χ4v) is 1.96. The second-order valence-electron chi connectivity index (χ2n) is 4.12. The van der Waals surface area contributed by atoms with Gasteiger partial charge < -0.3 is 10.2 Å². The van der Waals surface area contributed by atoms with Gasteiger partial charge in [0.15, 0.2) is 0 Å². The van der Waals surface area contributed by atoms with E-state index in [-0.39, 0.29) is 5.91 Å². The van der Waals surface area contributed by atoms with Crippen LogP contribution in [0.5, 0.6) is 0 Å². The lowest BCUT2D eigenvalue weighted by Crippen LogP contribution is -2.34. The summed E-state index contributed by atoms with van der Waals surface area (Å²) in [7, 11) is 0. The van der Waals surface area contributed by atoms with E-state index in [1.165, 1.54) is 5.56 Å². The smallest absolute Gasteiger partial charge is 0.223 e. The summed E-state index contributed by atoms with van der Waals surface area (Å²) >= 11 is 0. The molecule has 1 heterocycles. The maximum atomic E-state index is 11.7. The van der Waals surface area contributed by atoms with Crippen molar-refractivity contribution in [3.05, 3.63) is 35.9 Å². The van der Waals surface area contributed by atoms with E-state index in [0.29, 0.717) is 6.42 Å². The van der Waals surface area contributed by atoms with Gasteiger partial charge in [-0.1, -0.05) is 30.3 Å². The number of rotatable bonds is 3. The summed E-state index contributed by atoms with van der Waals surface area (Å²) in [5.41, 5.74) is 1.30. The topological polar surface area (TPSA) is 32.3 Å². The van der Waals surface area contributed by atoms with Gasteiger partial charge in [0.25, 0.3) is 0 Å². The lowest BCUT2D eigenvalue weighted by Gasteiger charge is -2.19. The summed E-state index contributed by atoms with van der Waals surface area (Å²) in [6, 6.07) is 10.3. The lowest BCUT2D eigenvalue weighted by atomic mass is 10.1. The Labute approximate surface area is 96.5 Å². The van der Waals surface area contributed by atoms with Crippen LogP contribution in [0.3, 0.4) is 0 Å². The molecule has 2 rings (SSSR count). The van der Waals surface area contributed by atoms with Crippen LogP contribution in [-0.2, 0) is 11.2 Å². The Morgan fingerprint density at radius 2 is 2.00 bits per heavy atom. The van der Waals surface area contributed by atoms with Gasteiger partial charge in [0, 0.05) is 32.6 Å². The molecule has 1 aromatic rings.